The van der Waals surface area contributed by atoms with Crippen LogP contribution >= 0.6 is 11.6 Å². The van der Waals surface area contributed by atoms with E-state index in [4.69, 9.17) is 16.6 Å². The van der Waals surface area contributed by atoms with E-state index in [1.54, 1.807) is 0 Å². The molecular formula is C16H25ClN4. The van der Waals surface area contributed by atoms with Gasteiger partial charge in [-0.25, -0.2) is 4.98 Å². The van der Waals surface area contributed by atoms with Crippen LogP contribution in [0.4, 0.5) is 0 Å². The first-order chi connectivity index (χ1) is 10.2. The van der Waals surface area contributed by atoms with Crippen molar-refractivity contribution in [2.45, 2.75) is 64.3 Å². The molecule has 0 atom stereocenters. The number of halogens is 1. The Morgan fingerprint density at radius 1 is 1.24 bits per heavy atom. The maximum absolute atomic E-state index is 6.15. The highest BCUT2D eigenvalue weighted by Crippen LogP contribution is 2.28. The molecule has 116 valence electrons. The van der Waals surface area contributed by atoms with Gasteiger partial charge in [0.15, 0.2) is 5.65 Å². The molecule has 0 saturated heterocycles. The average molecular weight is 309 g/mol. The lowest BCUT2D eigenvalue weighted by atomic mass is 9.89. The van der Waals surface area contributed by atoms with Crippen molar-refractivity contribution in [3.05, 3.63) is 11.5 Å². The van der Waals surface area contributed by atoms with Gasteiger partial charge in [0.1, 0.15) is 11.3 Å². The van der Waals surface area contributed by atoms with Crippen LogP contribution in [0.15, 0.2) is 0 Å². The standard InChI is InChI=1S/C16H25ClN4/c1-3-7-13-15-16(20(2)19-13)21(14(10-17)18-15)11-12-8-5-4-6-9-12/h12H,3-11H2,1-2H3. The number of fused-ring (bicyclic) bond motifs is 1. The fourth-order valence-corrected chi connectivity index (χ4v) is 3.82. The van der Waals surface area contributed by atoms with Gasteiger partial charge >= 0.3 is 0 Å². The Bertz CT molecular complexity index is 607. The molecule has 21 heavy (non-hydrogen) atoms. The van der Waals surface area contributed by atoms with E-state index in [0.717, 1.165) is 48.0 Å². The SMILES string of the molecule is CCCc1nn(C)c2c1nc(CCl)n2CC1CCCCC1. The molecule has 0 spiro atoms. The fraction of sp³-hybridized carbons (Fsp3) is 0.750. The summed E-state index contributed by atoms with van der Waals surface area (Å²) in [5, 5.41) is 4.66. The molecule has 1 fully saturated rings. The summed E-state index contributed by atoms with van der Waals surface area (Å²) < 4.78 is 4.32. The van der Waals surface area contributed by atoms with E-state index in [0.29, 0.717) is 5.88 Å². The van der Waals surface area contributed by atoms with Crippen molar-refractivity contribution in [2.75, 3.05) is 0 Å². The topological polar surface area (TPSA) is 35.6 Å². The molecule has 2 aromatic heterocycles. The van der Waals surface area contributed by atoms with E-state index in [2.05, 4.69) is 16.6 Å². The summed E-state index contributed by atoms with van der Waals surface area (Å²) in [6, 6.07) is 0. The summed E-state index contributed by atoms with van der Waals surface area (Å²) in [6.07, 6.45) is 8.88. The number of hydrogen-bond acceptors (Lipinski definition) is 2. The number of imidazole rings is 1. The van der Waals surface area contributed by atoms with Crippen molar-refractivity contribution >= 4 is 22.8 Å². The minimum atomic E-state index is 0.479. The molecule has 3 rings (SSSR count). The lowest BCUT2D eigenvalue weighted by Gasteiger charge is -2.23. The third-order valence-corrected chi connectivity index (χ3v) is 4.88. The Balaban J connectivity index is 1.98. The van der Waals surface area contributed by atoms with Gasteiger partial charge in [-0.3, -0.25) is 4.68 Å². The van der Waals surface area contributed by atoms with Crippen molar-refractivity contribution in [2.24, 2.45) is 13.0 Å². The van der Waals surface area contributed by atoms with Crippen LogP contribution in [0.25, 0.3) is 11.2 Å². The maximum Gasteiger partial charge on any atom is 0.158 e. The lowest BCUT2D eigenvalue weighted by Crippen LogP contribution is -2.16. The minimum absolute atomic E-state index is 0.479. The zero-order valence-corrected chi connectivity index (χ0v) is 13.9. The molecule has 0 unspecified atom stereocenters. The quantitative estimate of drug-likeness (QED) is 0.781. The van der Waals surface area contributed by atoms with E-state index in [-0.39, 0.29) is 0 Å². The zero-order valence-electron chi connectivity index (χ0n) is 13.1. The summed E-state index contributed by atoms with van der Waals surface area (Å²) >= 11 is 6.15. The van der Waals surface area contributed by atoms with Gasteiger partial charge in [0.05, 0.1) is 11.6 Å². The van der Waals surface area contributed by atoms with Crippen LogP contribution in [0.3, 0.4) is 0 Å². The van der Waals surface area contributed by atoms with Crippen LogP contribution in [0, 0.1) is 5.92 Å². The predicted molar refractivity (Wildman–Crippen MR) is 86.6 cm³/mol. The molecule has 1 aliphatic rings. The van der Waals surface area contributed by atoms with Crippen molar-refractivity contribution in [3.8, 4) is 0 Å². The molecule has 1 saturated carbocycles. The third-order valence-electron chi connectivity index (χ3n) is 4.64. The van der Waals surface area contributed by atoms with Gasteiger partial charge in [0.25, 0.3) is 0 Å². The molecule has 0 N–H and O–H groups in total. The van der Waals surface area contributed by atoms with Gasteiger partial charge in [0, 0.05) is 13.6 Å². The predicted octanol–water partition coefficient (Wildman–Crippen LogP) is 4.04. The largest absolute Gasteiger partial charge is 0.312 e. The van der Waals surface area contributed by atoms with Crippen LogP contribution < -0.4 is 0 Å². The van der Waals surface area contributed by atoms with Crippen molar-refractivity contribution in [1.82, 2.24) is 19.3 Å². The monoisotopic (exact) mass is 308 g/mol. The molecule has 0 radical (unpaired) electrons. The molecular weight excluding hydrogens is 284 g/mol. The van der Waals surface area contributed by atoms with Crippen molar-refractivity contribution in [1.29, 1.82) is 0 Å². The highest BCUT2D eigenvalue weighted by atomic mass is 35.5. The fourth-order valence-electron chi connectivity index (χ4n) is 3.61. The van der Waals surface area contributed by atoms with Crippen LogP contribution in [0.1, 0.15) is 57.0 Å². The zero-order chi connectivity index (χ0) is 14.8. The normalized spacial score (nSPS) is 16.9. The Morgan fingerprint density at radius 2 is 2.00 bits per heavy atom. The van der Waals surface area contributed by atoms with Gasteiger partial charge in [-0.15, -0.1) is 11.6 Å². The summed E-state index contributed by atoms with van der Waals surface area (Å²) in [6.45, 7) is 3.23. The second kappa shape index (κ2) is 6.39. The smallest absolute Gasteiger partial charge is 0.158 e. The Morgan fingerprint density at radius 3 is 2.67 bits per heavy atom. The number of nitrogens with zero attached hydrogens (tertiary/aromatic N) is 4. The molecule has 4 nitrogen and oxygen atoms in total. The van der Waals surface area contributed by atoms with Crippen LogP contribution in [0.5, 0.6) is 0 Å². The first-order valence-corrected chi connectivity index (χ1v) is 8.75. The van der Waals surface area contributed by atoms with E-state index < -0.39 is 0 Å². The molecule has 0 aliphatic heterocycles. The van der Waals surface area contributed by atoms with E-state index in [1.165, 1.54) is 32.1 Å². The number of rotatable bonds is 5. The van der Waals surface area contributed by atoms with Crippen molar-refractivity contribution in [3.63, 3.8) is 0 Å². The third kappa shape index (κ3) is 2.83. The van der Waals surface area contributed by atoms with Gasteiger partial charge in [-0.05, 0) is 25.2 Å². The van der Waals surface area contributed by atoms with E-state index in [9.17, 15) is 0 Å². The molecule has 2 heterocycles. The summed E-state index contributed by atoms with van der Waals surface area (Å²) in [4.78, 5) is 4.78. The van der Waals surface area contributed by atoms with Crippen LogP contribution in [0.2, 0.25) is 0 Å². The Kier molecular flexibility index (Phi) is 4.53. The molecule has 2 aromatic rings. The van der Waals surface area contributed by atoms with Crippen molar-refractivity contribution < 1.29 is 0 Å². The molecule has 5 heteroatoms. The first-order valence-electron chi connectivity index (χ1n) is 8.21. The number of alkyl halides is 1. The minimum Gasteiger partial charge on any atom is -0.312 e. The Hall–Kier alpha value is -1.03. The first kappa shape index (κ1) is 14.9. The van der Waals surface area contributed by atoms with Crippen LogP contribution in [-0.4, -0.2) is 19.3 Å². The number of hydrogen-bond donors (Lipinski definition) is 0. The number of aryl methyl sites for hydroxylation is 2. The van der Waals surface area contributed by atoms with Gasteiger partial charge < -0.3 is 4.57 Å². The van der Waals surface area contributed by atoms with E-state index >= 15 is 0 Å². The molecule has 1 aliphatic carbocycles. The van der Waals surface area contributed by atoms with Gasteiger partial charge in [-0.1, -0.05) is 32.6 Å². The highest BCUT2D eigenvalue weighted by molar-refractivity contribution is 6.16. The van der Waals surface area contributed by atoms with Gasteiger partial charge in [-0.2, -0.15) is 5.10 Å². The second-order valence-electron chi connectivity index (χ2n) is 6.27. The number of aromatic nitrogens is 4. The molecule has 0 aromatic carbocycles. The summed E-state index contributed by atoms with van der Waals surface area (Å²) in [5.74, 6) is 2.25. The van der Waals surface area contributed by atoms with Gasteiger partial charge in [0.2, 0.25) is 0 Å². The highest BCUT2D eigenvalue weighted by Gasteiger charge is 2.21. The molecule has 0 bridgehead atoms. The summed E-state index contributed by atoms with van der Waals surface area (Å²) in [5.41, 5.74) is 3.33. The van der Waals surface area contributed by atoms with E-state index in [1.807, 2.05) is 11.7 Å². The summed E-state index contributed by atoms with van der Waals surface area (Å²) in [7, 11) is 2.03. The lowest BCUT2D eigenvalue weighted by molar-refractivity contribution is 0.318. The van der Waals surface area contributed by atoms with Crippen LogP contribution in [-0.2, 0) is 25.9 Å². The Labute approximate surface area is 131 Å². The second-order valence-corrected chi connectivity index (χ2v) is 6.54. The molecule has 0 amide bonds. The maximum atomic E-state index is 6.15. The average Bonchev–Trinajstić information content (AvgIpc) is 3.00.